The van der Waals surface area contributed by atoms with Gasteiger partial charge in [-0.05, 0) is 18.2 Å². The molecule has 2 aromatic heterocycles. The van der Waals surface area contributed by atoms with Crippen LogP contribution in [0.4, 0.5) is 11.4 Å². The van der Waals surface area contributed by atoms with Crippen molar-refractivity contribution in [3.63, 3.8) is 0 Å². The van der Waals surface area contributed by atoms with E-state index in [2.05, 4.69) is 9.98 Å². The van der Waals surface area contributed by atoms with Crippen molar-refractivity contribution in [1.82, 2.24) is 9.97 Å². The lowest BCUT2D eigenvalue weighted by atomic mass is 10.1. The van der Waals surface area contributed by atoms with Crippen molar-refractivity contribution in [3.8, 4) is 11.3 Å². The van der Waals surface area contributed by atoms with Crippen molar-refractivity contribution in [2.45, 2.75) is 0 Å². The molecule has 0 unspecified atom stereocenters. The van der Waals surface area contributed by atoms with Crippen molar-refractivity contribution in [3.05, 3.63) is 79.3 Å². The average molecular weight is 326 g/mol. The molecule has 0 atom stereocenters. The first-order valence-corrected chi connectivity index (χ1v) is 6.74. The van der Waals surface area contributed by atoms with E-state index in [1.165, 1.54) is 18.5 Å². The second-order valence-corrected chi connectivity index (χ2v) is 4.69. The van der Waals surface area contributed by atoms with Gasteiger partial charge < -0.3 is 9.40 Å². The van der Waals surface area contributed by atoms with Crippen LogP contribution in [-0.2, 0) is 0 Å². The molecule has 3 rings (SSSR count). The summed E-state index contributed by atoms with van der Waals surface area (Å²) in [6.45, 7) is 0. The zero-order valence-electron chi connectivity index (χ0n) is 12.1. The van der Waals surface area contributed by atoms with E-state index < -0.39 is 16.2 Å². The van der Waals surface area contributed by atoms with Crippen LogP contribution in [0, 0.1) is 10.1 Å². The molecule has 0 amide bonds. The number of aliphatic imine (C=N–C) groups is 1. The summed E-state index contributed by atoms with van der Waals surface area (Å²) in [6.07, 6.45) is 2.45. The second kappa shape index (κ2) is 6.16. The molecule has 0 spiro atoms. The highest BCUT2D eigenvalue weighted by Gasteiger charge is 2.16. The zero-order chi connectivity index (χ0) is 17.1. The number of hydrogen-bond donors (Lipinski definition) is 2. The fraction of sp³-hybridized carbons (Fsp3) is 0. The van der Waals surface area contributed by atoms with Gasteiger partial charge in [0.15, 0.2) is 0 Å². The van der Waals surface area contributed by atoms with Crippen LogP contribution < -0.4 is 11.2 Å². The Morgan fingerprint density at radius 2 is 1.96 bits per heavy atom. The number of para-hydroxylation sites is 1. The lowest BCUT2D eigenvalue weighted by molar-refractivity contribution is -0.384. The van der Waals surface area contributed by atoms with Gasteiger partial charge in [-0.15, -0.1) is 0 Å². The number of nitrogens with zero attached hydrogens (tertiary/aromatic N) is 2. The standard InChI is InChI=1S/C15H10N4O5/c20-14-11(8-17-15(21)18-14)16-7-9-5-6-13(24-9)10-3-1-2-4-12(10)19(22)23/h1-8H,(H2,17,18,20,21). The van der Waals surface area contributed by atoms with E-state index in [4.69, 9.17) is 4.42 Å². The summed E-state index contributed by atoms with van der Waals surface area (Å²) < 4.78 is 5.51. The average Bonchev–Trinajstić information content (AvgIpc) is 3.03. The lowest BCUT2D eigenvalue weighted by Gasteiger charge is -1.98. The summed E-state index contributed by atoms with van der Waals surface area (Å²) in [5.74, 6) is 0.605. The van der Waals surface area contributed by atoms with Gasteiger partial charge in [0.1, 0.15) is 17.2 Å². The molecule has 120 valence electrons. The van der Waals surface area contributed by atoms with Crippen LogP contribution in [0.1, 0.15) is 5.76 Å². The molecule has 0 fully saturated rings. The van der Waals surface area contributed by atoms with Gasteiger partial charge in [-0.1, -0.05) is 12.1 Å². The van der Waals surface area contributed by atoms with Gasteiger partial charge in [-0.3, -0.25) is 19.9 Å². The van der Waals surface area contributed by atoms with E-state index in [1.807, 2.05) is 4.98 Å². The first-order valence-electron chi connectivity index (χ1n) is 6.74. The van der Waals surface area contributed by atoms with Crippen molar-refractivity contribution in [2.24, 2.45) is 4.99 Å². The van der Waals surface area contributed by atoms with Gasteiger partial charge in [0, 0.05) is 12.3 Å². The Morgan fingerprint density at radius 1 is 1.17 bits per heavy atom. The Kier molecular flexibility index (Phi) is 3.89. The normalized spacial score (nSPS) is 11.0. The number of H-pyrrole nitrogens is 2. The third kappa shape index (κ3) is 3.04. The smallest absolute Gasteiger partial charge is 0.325 e. The first-order chi connectivity index (χ1) is 11.5. The van der Waals surface area contributed by atoms with E-state index in [1.54, 1.807) is 30.3 Å². The number of nitro groups is 1. The zero-order valence-corrected chi connectivity index (χ0v) is 12.1. The first kappa shape index (κ1) is 15.2. The monoisotopic (exact) mass is 326 g/mol. The van der Waals surface area contributed by atoms with Crippen molar-refractivity contribution >= 4 is 17.6 Å². The van der Waals surface area contributed by atoms with E-state index >= 15 is 0 Å². The van der Waals surface area contributed by atoms with Crippen molar-refractivity contribution in [2.75, 3.05) is 0 Å². The van der Waals surface area contributed by atoms with Crippen LogP contribution in [0.15, 0.2) is 61.6 Å². The number of aromatic nitrogens is 2. The third-order valence-corrected chi connectivity index (χ3v) is 3.12. The van der Waals surface area contributed by atoms with Gasteiger partial charge in [-0.2, -0.15) is 0 Å². The molecule has 9 heteroatoms. The van der Waals surface area contributed by atoms with Gasteiger partial charge >= 0.3 is 5.69 Å². The van der Waals surface area contributed by atoms with Crippen LogP contribution in [0.25, 0.3) is 11.3 Å². The topological polar surface area (TPSA) is 134 Å². The van der Waals surface area contributed by atoms with Gasteiger partial charge in [0.25, 0.3) is 11.2 Å². The Balaban J connectivity index is 1.92. The fourth-order valence-electron chi connectivity index (χ4n) is 2.04. The van der Waals surface area contributed by atoms with Crippen LogP contribution in [-0.4, -0.2) is 21.1 Å². The SMILES string of the molecule is O=c1[nH]cc(N=Cc2ccc(-c3ccccc3[N+](=O)[O-])o2)c(=O)[nH]1. The molecule has 2 N–H and O–H groups in total. The maximum atomic E-state index is 11.5. The summed E-state index contributed by atoms with van der Waals surface area (Å²) >= 11 is 0. The molecule has 0 saturated heterocycles. The van der Waals surface area contributed by atoms with E-state index in [-0.39, 0.29) is 11.4 Å². The molecular formula is C15H10N4O5. The quantitative estimate of drug-likeness (QED) is 0.429. The number of nitro benzene ring substituents is 1. The summed E-state index contributed by atoms with van der Waals surface area (Å²) in [5.41, 5.74) is -1.01. The number of aromatic amines is 2. The molecule has 0 aliphatic heterocycles. The minimum absolute atomic E-state index is 0.00163. The van der Waals surface area contributed by atoms with E-state index in [0.29, 0.717) is 17.1 Å². The minimum atomic E-state index is -0.638. The van der Waals surface area contributed by atoms with Gasteiger partial charge in [0.2, 0.25) is 0 Å². The molecule has 0 bridgehead atoms. The molecule has 0 aliphatic rings. The fourth-order valence-corrected chi connectivity index (χ4v) is 2.04. The van der Waals surface area contributed by atoms with E-state index in [0.717, 1.165) is 0 Å². The number of hydrogen-bond acceptors (Lipinski definition) is 6. The third-order valence-electron chi connectivity index (χ3n) is 3.12. The lowest BCUT2D eigenvalue weighted by Crippen LogP contribution is -2.20. The second-order valence-electron chi connectivity index (χ2n) is 4.69. The van der Waals surface area contributed by atoms with Crippen LogP contribution in [0.5, 0.6) is 0 Å². The van der Waals surface area contributed by atoms with E-state index in [9.17, 15) is 19.7 Å². The van der Waals surface area contributed by atoms with Crippen LogP contribution >= 0.6 is 0 Å². The largest absolute Gasteiger partial charge is 0.455 e. The molecular weight excluding hydrogens is 316 g/mol. The molecule has 9 nitrogen and oxygen atoms in total. The highest BCUT2D eigenvalue weighted by Crippen LogP contribution is 2.30. The number of nitrogens with one attached hydrogen (secondary N) is 2. The highest BCUT2D eigenvalue weighted by atomic mass is 16.6. The predicted molar refractivity (Wildman–Crippen MR) is 85.7 cm³/mol. The van der Waals surface area contributed by atoms with Gasteiger partial charge in [0.05, 0.1) is 16.7 Å². The van der Waals surface area contributed by atoms with Gasteiger partial charge in [-0.25, -0.2) is 9.79 Å². The van der Waals surface area contributed by atoms with Crippen LogP contribution in [0.2, 0.25) is 0 Å². The molecule has 24 heavy (non-hydrogen) atoms. The summed E-state index contributed by atoms with van der Waals surface area (Å²) in [6, 6.07) is 9.32. The predicted octanol–water partition coefficient (Wildman–Crippen LogP) is 1.98. The number of benzene rings is 1. The Labute approximate surface area is 133 Å². The Morgan fingerprint density at radius 3 is 2.71 bits per heavy atom. The highest BCUT2D eigenvalue weighted by molar-refractivity contribution is 5.80. The van der Waals surface area contributed by atoms with Crippen LogP contribution in [0.3, 0.4) is 0 Å². The molecule has 0 aliphatic carbocycles. The molecule has 0 saturated carbocycles. The Bertz CT molecular complexity index is 1040. The molecule has 1 aromatic carbocycles. The summed E-state index contributed by atoms with van der Waals surface area (Å²) in [5, 5.41) is 11.0. The molecule has 3 aromatic rings. The van der Waals surface area contributed by atoms with Crippen molar-refractivity contribution < 1.29 is 9.34 Å². The maximum absolute atomic E-state index is 11.5. The summed E-state index contributed by atoms with van der Waals surface area (Å²) in [7, 11) is 0. The summed E-state index contributed by atoms with van der Waals surface area (Å²) in [4.78, 5) is 41.2. The Hall–Kier alpha value is -3.75. The molecule has 0 radical (unpaired) electrons. The minimum Gasteiger partial charge on any atom is -0.455 e. The maximum Gasteiger partial charge on any atom is 0.325 e. The number of rotatable bonds is 4. The number of furan rings is 1. The van der Waals surface area contributed by atoms with Crippen molar-refractivity contribution in [1.29, 1.82) is 0 Å². The molecule has 2 heterocycles.